The summed E-state index contributed by atoms with van der Waals surface area (Å²) >= 11 is 0. The predicted octanol–water partition coefficient (Wildman–Crippen LogP) is 3.56. The van der Waals surface area contributed by atoms with Crippen molar-refractivity contribution >= 4 is 17.4 Å². The van der Waals surface area contributed by atoms with Gasteiger partial charge in [-0.1, -0.05) is 12.1 Å². The van der Waals surface area contributed by atoms with Crippen molar-refractivity contribution in [3.05, 3.63) is 54.1 Å². The number of carbonyl (C=O) groups is 1. The number of anilines is 1. The molecule has 2 N–H and O–H groups in total. The molecule has 170 valence electrons. The molecule has 0 aliphatic carbocycles. The third-order valence-corrected chi connectivity index (χ3v) is 5.72. The molecule has 0 spiro atoms. The minimum Gasteiger partial charge on any atom is -0.368 e. The fraction of sp³-hybridized carbons (Fsp3) is 0.455. The monoisotopic (exact) mass is 446 g/mol. The Morgan fingerprint density at radius 1 is 1.19 bits per heavy atom. The maximum atomic E-state index is 12.3. The molecular formula is C22H25F3N6O. The Morgan fingerprint density at radius 3 is 2.84 bits per heavy atom. The number of rotatable bonds is 9. The first-order valence-corrected chi connectivity index (χ1v) is 10.7. The average Bonchev–Trinajstić information content (AvgIpc) is 3.38. The molecule has 1 fully saturated rings. The van der Waals surface area contributed by atoms with Crippen LogP contribution < -0.4 is 10.6 Å². The van der Waals surface area contributed by atoms with E-state index in [1.54, 1.807) is 16.6 Å². The van der Waals surface area contributed by atoms with Crippen LogP contribution in [0.3, 0.4) is 0 Å². The quantitative estimate of drug-likeness (QED) is 0.525. The van der Waals surface area contributed by atoms with Crippen molar-refractivity contribution in [1.29, 1.82) is 0 Å². The number of fused-ring (bicyclic) bond motifs is 1. The molecule has 1 aliphatic rings. The summed E-state index contributed by atoms with van der Waals surface area (Å²) in [4.78, 5) is 20.8. The molecule has 2 atom stereocenters. The Morgan fingerprint density at radius 2 is 2.06 bits per heavy atom. The van der Waals surface area contributed by atoms with Crippen LogP contribution in [0.2, 0.25) is 0 Å². The van der Waals surface area contributed by atoms with Gasteiger partial charge >= 0.3 is 6.18 Å². The Balaban J connectivity index is 1.20. The van der Waals surface area contributed by atoms with E-state index >= 15 is 0 Å². The van der Waals surface area contributed by atoms with E-state index in [0.29, 0.717) is 17.9 Å². The van der Waals surface area contributed by atoms with Gasteiger partial charge < -0.3 is 10.6 Å². The number of nitrogens with zero attached hydrogens (tertiary/aromatic N) is 4. The summed E-state index contributed by atoms with van der Waals surface area (Å²) < 4.78 is 38.7. The molecule has 3 aromatic rings. The molecule has 4 rings (SSSR count). The molecule has 0 saturated carbocycles. The van der Waals surface area contributed by atoms with Crippen molar-refractivity contribution in [2.45, 2.75) is 50.7 Å². The number of carbonyl (C=O) groups excluding carboxylic acids is 1. The number of hydrogen-bond acceptors (Lipinski definition) is 5. The molecular weight excluding hydrogens is 421 g/mol. The fourth-order valence-corrected chi connectivity index (χ4v) is 4.04. The lowest BCUT2D eigenvalue weighted by molar-refractivity contribution is -0.134. The van der Waals surface area contributed by atoms with E-state index in [-0.39, 0.29) is 24.3 Å². The van der Waals surface area contributed by atoms with E-state index < -0.39 is 12.6 Å². The van der Waals surface area contributed by atoms with Crippen LogP contribution in [0, 0.1) is 5.92 Å². The highest BCUT2D eigenvalue weighted by Gasteiger charge is 2.31. The minimum atomic E-state index is -4.17. The number of halogens is 3. The van der Waals surface area contributed by atoms with E-state index in [0.717, 1.165) is 36.9 Å². The lowest BCUT2D eigenvalue weighted by atomic mass is 9.97. The molecule has 1 amide bonds. The van der Waals surface area contributed by atoms with Gasteiger partial charge in [0.05, 0.1) is 0 Å². The van der Waals surface area contributed by atoms with Gasteiger partial charge in [-0.05, 0) is 55.4 Å². The third kappa shape index (κ3) is 5.74. The molecule has 32 heavy (non-hydrogen) atoms. The van der Waals surface area contributed by atoms with Gasteiger partial charge in [-0.15, -0.1) is 0 Å². The minimum absolute atomic E-state index is 0.000802. The van der Waals surface area contributed by atoms with Crippen molar-refractivity contribution in [2.24, 2.45) is 5.92 Å². The van der Waals surface area contributed by atoms with Crippen molar-refractivity contribution in [1.82, 2.24) is 24.9 Å². The second-order valence-corrected chi connectivity index (χ2v) is 8.14. The number of aromatic nitrogens is 4. The van der Waals surface area contributed by atoms with Crippen LogP contribution >= 0.6 is 0 Å². The van der Waals surface area contributed by atoms with Crippen molar-refractivity contribution in [2.75, 3.05) is 11.9 Å². The SMILES string of the molecule is O=C1N[C@H](CNc2ccc(CCC(F)(F)F)cn2)C[C@@H]1CCCc1cccn2ncnc12. The van der Waals surface area contributed by atoms with E-state index in [1.807, 2.05) is 18.3 Å². The molecule has 0 radical (unpaired) electrons. The van der Waals surface area contributed by atoms with Gasteiger partial charge in [0.25, 0.3) is 0 Å². The van der Waals surface area contributed by atoms with Gasteiger partial charge in [0.2, 0.25) is 5.91 Å². The van der Waals surface area contributed by atoms with Gasteiger partial charge in [0.1, 0.15) is 12.1 Å². The summed E-state index contributed by atoms with van der Waals surface area (Å²) in [6.07, 6.45) is 3.00. The number of amides is 1. The summed E-state index contributed by atoms with van der Waals surface area (Å²) in [7, 11) is 0. The zero-order valence-corrected chi connectivity index (χ0v) is 17.5. The van der Waals surface area contributed by atoms with Gasteiger partial charge in [0, 0.05) is 37.3 Å². The first kappa shape index (κ1) is 22.0. The fourth-order valence-electron chi connectivity index (χ4n) is 4.04. The highest BCUT2D eigenvalue weighted by Crippen LogP contribution is 2.24. The van der Waals surface area contributed by atoms with Crippen molar-refractivity contribution in [3.8, 4) is 0 Å². The topological polar surface area (TPSA) is 84.2 Å². The van der Waals surface area contributed by atoms with E-state index in [4.69, 9.17) is 0 Å². The Hall–Kier alpha value is -3.17. The molecule has 0 aromatic carbocycles. The average molecular weight is 446 g/mol. The third-order valence-electron chi connectivity index (χ3n) is 5.72. The lowest BCUT2D eigenvalue weighted by Gasteiger charge is -2.12. The second kappa shape index (κ2) is 9.54. The highest BCUT2D eigenvalue weighted by molar-refractivity contribution is 5.81. The summed E-state index contributed by atoms with van der Waals surface area (Å²) in [5, 5.41) is 10.3. The largest absolute Gasteiger partial charge is 0.389 e. The number of nitrogens with one attached hydrogen (secondary N) is 2. The zero-order valence-electron chi connectivity index (χ0n) is 17.5. The van der Waals surface area contributed by atoms with Gasteiger partial charge in [0.15, 0.2) is 5.65 Å². The summed E-state index contributed by atoms with van der Waals surface area (Å²) in [5.41, 5.74) is 2.51. The Labute approximate surface area is 183 Å². The predicted molar refractivity (Wildman–Crippen MR) is 113 cm³/mol. The second-order valence-electron chi connectivity index (χ2n) is 8.14. The molecule has 0 bridgehead atoms. The maximum absolute atomic E-state index is 12.3. The van der Waals surface area contributed by atoms with Crippen LogP contribution in [-0.2, 0) is 17.6 Å². The first-order valence-electron chi connectivity index (χ1n) is 10.7. The van der Waals surface area contributed by atoms with E-state index in [2.05, 4.69) is 25.7 Å². The maximum Gasteiger partial charge on any atom is 0.389 e. The Bertz CT molecular complexity index is 1050. The van der Waals surface area contributed by atoms with Crippen LogP contribution in [0.25, 0.3) is 5.65 Å². The van der Waals surface area contributed by atoms with E-state index in [1.165, 1.54) is 12.5 Å². The number of alkyl halides is 3. The zero-order chi connectivity index (χ0) is 22.6. The smallest absolute Gasteiger partial charge is 0.368 e. The summed E-state index contributed by atoms with van der Waals surface area (Å²) in [5.74, 6) is 0.616. The van der Waals surface area contributed by atoms with Crippen molar-refractivity contribution < 1.29 is 18.0 Å². The van der Waals surface area contributed by atoms with Gasteiger partial charge in [-0.2, -0.15) is 18.3 Å². The molecule has 1 aliphatic heterocycles. The Kier molecular flexibility index (Phi) is 6.57. The van der Waals surface area contributed by atoms with Crippen LogP contribution in [0.5, 0.6) is 0 Å². The summed E-state index contributed by atoms with van der Waals surface area (Å²) in [6, 6.07) is 7.29. The van der Waals surface area contributed by atoms with Crippen molar-refractivity contribution in [3.63, 3.8) is 0 Å². The van der Waals surface area contributed by atoms with Crippen LogP contribution in [0.15, 0.2) is 43.0 Å². The van der Waals surface area contributed by atoms with Crippen LogP contribution in [0.1, 0.15) is 36.8 Å². The molecule has 0 unspecified atom stereocenters. The number of pyridine rings is 2. The normalized spacial score (nSPS) is 18.8. The lowest BCUT2D eigenvalue weighted by Crippen LogP contribution is -2.32. The van der Waals surface area contributed by atoms with Crippen LogP contribution in [-0.4, -0.2) is 44.3 Å². The molecule has 1 saturated heterocycles. The standard InChI is InChI=1S/C22H25F3N6O/c23-22(24,25)9-8-15-6-7-19(26-12-15)27-13-18-11-17(21(32)30-18)4-1-3-16-5-2-10-31-20(16)28-14-29-31/h2,5-7,10,12,14,17-18H,1,3-4,8-9,11,13H2,(H,26,27)(H,30,32)/t17-,18-/m0/s1. The van der Waals surface area contributed by atoms with Gasteiger partial charge in [-0.25, -0.2) is 14.5 Å². The first-order chi connectivity index (χ1) is 15.4. The van der Waals surface area contributed by atoms with Gasteiger partial charge in [-0.3, -0.25) is 4.79 Å². The van der Waals surface area contributed by atoms with Crippen LogP contribution in [0.4, 0.5) is 19.0 Å². The summed E-state index contributed by atoms with van der Waals surface area (Å²) in [6.45, 7) is 0.524. The molecule has 3 aromatic heterocycles. The highest BCUT2D eigenvalue weighted by atomic mass is 19.4. The number of hydrogen-bond donors (Lipinski definition) is 2. The molecule has 4 heterocycles. The molecule has 7 nitrogen and oxygen atoms in total. The van der Waals surface area contributed by atoms with E-state index in [9.17, 15) is 18.0 Å². The molecule has 10 heteroatoms. The number of aryl methyl sites for hydroxylation is 2.